The molecule has 0 spiro atoms. The summed E-state index contributed by atoms with van der Waals surface area (Å²) in [5.41, 5.74) is 10.7. The molecule has 4 heteroatoms. The molecule has 0 saturated heterocycles. The Morgan fingerprint density at radius 3 is 1.76 bits per heavy atom. The lowest BCUT2D eigenvalue weighted by Crippen LogP contribution is -2.00. The molecule has 0 saturated carbocycles. The highest BCUT2D eigenvalue weighted by Crippen LogP contribution is 2.41. The maximum absolute atomic E-state index is 5.23. The third-order valence-corrected chi connectivity index (χ3v) is 10.8. The average Bonchev–Trinajstić information content (AvgIpc) is 3.74. The van der Waals surface area contributed by atoms with Crippen LogP contribution in [-0.2, 0) is 0 Å². The number of para-hydroxylation sites is 3. The molecule has 3 aromatic heterocycles. The highest BCUT2D eigenvalue weighted by molar-refractivity contribution is 7.25. The second kappa shape index (κ2) is 11.7. The van der Waals surface area contributed by atoms with Crippen LogP contribution in [0, 0.1) is 0 Å². The summed E-state index contributed by atoms with van der Waals surface area (Å²) in [6.45, 7) is 0. The highest BCUT2D eigenvalue weighted by atomic mass is 32.1. The molecule has 3 heterocycles. The second-order valence-electron chi connectivity index (χ2n) is 12.6. The minimum atomic E-state index is 0.703. The molecule has 0 fully saturated rings. The Hall–Kier alpha value is -6.36. The number of hydrogen-bond acceptors (Lipinski definition) is 3. The van der Waals surface area contributed by atoms with E-state index in [1.54, 1.807) is 0 Å². The van der Waals surface area contributed by atoms with Gasteiger partial charge in [0.15, 0.2) is 5.82 Å². The van der Waals surface area contributed by atoms with Crippen molar-refractivity contribution < 1.29 is 0 Å². The Balaban J connectivity index is 1.14. The predicted octanol–water partition coefficient (Wildman–Crippen LogP) is 12.6. The summed E-state index contributed by atoms with van der Waals surface area (Å²) in [4.78, 5) is 10.4. The quantitative estimate of drug-likeness (QED) is 0.185. The maximum Gasteiger partial charge on any atom is 0.160 e. The highest BCUT2D eigenvalue weighted by Gasteiger charge is 2.18. The molecule has 0 aliphatic heterocycles. The topological polar surface area (TPSA) is 30.7 Å². The van der Waals surface area contributed by atoms with Gasteiger partial charge in [-0.05, 0) is 47.5 Å². The van der Waals surface area contributed by atoms with E-state index in [-0.39, 0.29) is 0 Å². The Bertz CT molecular complexity index is 2810. The Labute approximate surface area is 293 Å². The van der Waals surface area contributed by atoms with Gasteiger partial charge < -0.3 is 4.57 Å². The number of rotatable bonds is 5. The van der Waals surface area contributed by atoms with E-state index in [0.29, 0.717) is 5.82 Å². The molecule has 0 radical (unpaired) electrons. The van der Waals surface area contributed by atoms with Gasteiger partial charge in [0.05, 0.1) is 28.1 Å². The van der Waals surface area contributed by atoms with Gasteiger partial charge in [-0.3, -0.25) is 0 Å². The number of hydrogen-bond donors (Lipinski definition) is 0. The van der Waals surface area contributed by atoms with Crippen molar-refractivity contribution in [3.8, 4) is 50.7 Å². The van der Waals surface area contributed by atoms with Crippen molar-refractivity contribution in [2.45, 2.75) is 0 Å². The molecule has 10 rings (SSSR count). The first-order chi connectivity index (χ1) is 24.8. The van der Waals surface area contributed by atoms with Gasteiger partial charge in [-0.1, -0.05) is 140 Å². The van der Waals surface area contributed by atoms with E-state index in [1.807, 2.05) is 29.5 Å². The number of thiophene rings is 1. The lowest BCUT2D eigenvalue weighted by atomic mass is 9.97. The van der Waals surface area contributed by atoms with Crippen molar-refractivity contribution in [2.24, 2.45) is 0 Å². The lowest BCUT2D eigenvalue weighted by molar-refractivity contribution is 1.15. The van der Waals surface area contributed by atoms with Crippen LogP contribution in [0.25, 0.3) is 92.7 Å². The molecule has 50 heavy (non-hydrogen) atoms. The van der Waals surface area contributed by atoms with Gasteiger partial charge in [0.1, 0.15) is 0 Å². The summed E-state index contributed by atoms with van der Waals surface area (Å²) in [5, 5.41) is 5.09. The first-order valence-corrected chi connectivity index (χ1v) is 17.7. The zero-order valence-electron chi connectivity index (χ0n) is 27.0. The van der Waals surface area contributed by atoms with E-state index >= 15 is 0 Å². The van der Waals surface area contributed by atoms with E-state index in [2.05, 4.69) is 162 Å². The van der Waals surface area contributed by atoms with E-state index < -0.39 is 0 Å². The number of fused-ring (bicyclic) bond motifs is 6. The first-order valence-electron chi connectivity index (χ1n) is 16.8. The molecule has 0 unspecified atom stereocenters. The first kappa shape index (κ1) is 28.6. The van der Waals surface area contributed by atoms with Crippen LogP contribution in [0.5, 0.6) is 0 Å². The fraction of sp³-hybridized carbons (Fsp3) is 0. The number of benzene rings is 7. The molecular formula is C46H29N3S. The number of nitrogens with zero attached hydrogens (tertiary/aromatic N) is 3. The van der Waals surface area contributed by atoms with Gasteiger partial charge in [-0.15, -0.1) is 11.3 Å². The van der Waals surface area contributed by atoms with Crippen LogP contribution >= 0.6 is 11.3 Å². The van der Waals surface area contributed by atoms with Gasteiger partial charge in [-0.25, -0.2) is 9.97 Å². The third kappa shape index (κ3) is 4.65. The zero-order valence-corrected chi connectivity index (χ0v) is 27.8. The molecule has 7 aromatic carbocycles. The van der Waals surface area contributed by atoms with Crippen LogP contribution in [0.2, 0.25) is 0 Å². The molecule has 0 amide bonds. The van der Waals surface area contributed by atoms with Crippen LogP contribution in [0.1, 0.15) is 0 Å². The summed E-state index contributed by atoms with van der Waals surface area (Å²) in [7, 11) is 0. The minimum absolute atomic E-state index is 0.703. The monoisotopic (exact) mass is 655 g/mol. The van der Waals surface area contributed by atoms with Gasteiger partial charge in [0.2, 0.25) is 0 Å². The molecule has 0 aliphatic rings. The van der Waals surface area contributed by atoms with Crippen molar-refractivity contribution >= 4 is 53.3 Å². The molecule has 3 nitrogen and oxygen atoms in total. The van der Waals surface area contributed by atoms with Crippen molar-refractivity contribution in [1.29, 1.82) is 0 Å². The molecule has 10 aromatic rings. The minimum Gasteiger partial charge on any atom is -0.309 e. The van der Waals surface area contributed by atoms with Crippen molar-refractivity contribution in [2.75, 3.05) is 0 Å². The SMILES string of the molecule is c1ccc(-c2nc(-c3ccc(-c4cccc5sc6ccccc6c45)cc3)cc(-c3ccccc3-n3c4ccccc4c4ccccc43)n2)cc1. The van der Waals surface area contributed by atoms with Crippen LogP contribution in [0.4, 0.5) is 0 Å². The average molecular weight is 656 g/mol. The second-order valence-corrected chi connectivity index (χ2v) is 13.7. The number of aromatic nitrogens is 3. The van der Waals surface area contributed by atoms with Crippen LogP contribution in [-0.4, -0.2) is 14.5 Å². The Morgan fingerprint density at radius 2 is 0.980 bits per heavy atom. The van der Waals surface area contributed by atoms with Crippen molar-refractivity contribution in [3.05, 3.63) is 176 Å². The normalized spacial score (nSPS) is 11.6. The molecule has 0 N–H and O–H groups in total. The molecule has 0 bridgehead atoms. The third-order valence-electron chi connectivity index (χ3n) is 9.65. The summed E-state index contributed by atoms with van der Waals surface area (Å²) in [6, 6.07) is 62.4. The van der Waals surface area contributed by atoms with E-state index in [9.17, 15) is 0 Å². The molecule has 234 valence electrons. The molecule has 0 atom stereocenters. The van der Waals surface area contributed by atoms with Crippen molar-refractivity contribution in [3.63, 3.8) is 0 Å². The van der Waals surface area contributed by atoms with Crippen LogP contribution < -0.4 is 0 Å². The van der Waals surface area contributed by atoms with Gasteiger partial charge >= 0.3 is 0 Å². The van der Waals surface area contributed by atoms with Crippen molar-refractivity contribution in [1.82, 2.24) is 14.5 Å². The fourth-order valence-electron chi connectivity index (χ4n) is 7.35. The smallest absolute Gasteiger partial charge is 0.160 e. The summed E-state index contributed by atoms with van der Waals surface area (Å²) in [5.74, 6) is 0.703. The van der Waals surface area contributed by atoms with Crippen LogP contribution in [0.15, 0.2) is 176 Å². The maximum atomic E-state index is 5.23. The molecule has 0 aliphatic carbocycles. The standard InChI is InChI=1S/C46H29N3S/c1-2-13-32(14-3-1)46-47-38(31-27-25-30(26-28-31)33-19-12-24-44-45(33)37-18-7-11-23-43(37)50-44)29-39(48-46)36-17-6-10-22-42(36)49-40-20-8-4-15-34(40)35-16-5-9-21-41(35)49/h1-29H. The predicted molar refractivity (Wildman–Crippen MR) is 211 cm³/mol. The largest absolute Gasteiger partial charge is 0.309 e. The van der Waals surface area contributed by atoms with Crippen LogP contribution in [0.3, 0.4) is 0 Å². The van der Waals surface area contributed by atoms with E-state index in [0.717, 1.165) is 33.8 Å². The summed E-state index contributed by atoms with van der Waals surface area (Å²) in [6.07, 6.45) is 0. The molecular weight excluding hydrogens is 627 g/mol. The Morgan fingerprint density at radius 1 is 0.400 bits per heavy atom. The summed E-state index contributed by atoms with van der Waals surface area (Å²) < 4.78 is 4.99. The summed E-state index contributed by atoms with van der Waals surface area (Å²) >= 11 is 1.85. The fourth-order valence-corrected chi connectivity index (χ4v) is 8.48. The van der Waals surface area contributed by atoms with E-state index in [1.165, 1.54) is 53.1 Å². The van der Waals surface area contributed by atoms with Gasteiger partial charge in [0.25, 0.3) is 0 Å². The Kier molecular flexibility index (Phi) is 6.68. The lowest BCUT2D eigenvalue weighted by Gasteiger charge is -2.15. The van der Waals surface area contributed by atoms with E-state index in [4.69, 9.17) is 9.97 Å². The zero-order chi connectivity index (χ0) is 33.0. The van der Waals surface area contributed by atoms with Gasteiger partial charge in [0, 0.05) is 47.6 Å². The van der Waals surface area contributed by atoms with Gasteiger partial charge in [-0.2, -0.15) is 0 Å².